The van der Waals surface area contributed by atoms with Crippen LogP contribution < -0.4 is 16.8 Å². The molecule has 0 saturated heterocycles. The van der Waals surface area contributed by atoms with E-state index in [4.69, 9.17) is 28.2 Å². The molecule has 0 amide bonds. The molecule has 6 N–H and O–H groups in total. The van der Waals surface area contributed by atoms with Crippen LogP contribution in [-0.2, 0) is 0 Å². The van der Waals surface area contributed by atoms with Crippen LogP contribution in [0.5, 0.6) is 0 Å². The fourth-order valence-corrected chi connectivity index (χ4v) is 3.09. The molecule has 8 heteroatoms. The lowest BCUT2D eigenvalue weighted by atomic mass is 9.98. The van der Waals surface area contributed by atoms with E-state index in [1.54, 1.807) is 6.92 Å². The Morgan fingerprint density at radius 1 is 1.23 bits per heavy atom. The molecular formula is C22H31ClN6O. The number of aromatic nitrogens is 2. The number of hydrogen-bond donors (Lipinski definition) is 4. The lowest BCUT2D eigenvalue weighted by molar-refractivity contribution is 0.130. The first-order valence-corrected chi connectivity index (χ1v) is 10.4. The van der Waals surface area contributed by atoms with Gasteiger partial charge in [-0.3, -0.25) is 0 Å². The maximum absolute atomic E-state index is 8.91. The number of nitrogens with zero attached hydrogens (tertiary/aromatic N) is 3. The fraction of sp³-hybridized carbons (Fsp3) is 0.409. The average molecular weight is 431 g/mol. The van der Waals surface area contributed by atoms with Crippen LogP contribution >= 0.6 is 11.6 Å². The Balaban J connectivity index is 0.000000386. The summed E-state index contributed by atoms with van der Waals surface area (Å²) < 4.78 is 0. The van der Waals surface area contributed by atoms with Gasteiger partial charge < -0.3 is 21.9 Å². The largest absolute Gasteiger partial charge is 0.402 e. The maximum Gasteiger partial charge on any atom is 0.229 e. The molecule has 1 heterocycles. The van der Waals surface area contributed by atoms with Crippen LogP contribution in [0.3, 0.4) is 0 Å². The number of aliphatic hydroxyl groups excluding tert-OH is 1. The number of aryl methyl sites for hydroxylation is 2. The van der Waals surface area contributed by atoms with Crippen LogP contribution in [0.2, 0.25) is 5.02 Å². The summed E-state index contributed by atoms with van der Waals surface area (Å²) in [6, 6.07) is 6.09. The summed E-state index contributed by atoms with van der Waals surface area (Å²) in [5.74, 6) is 0.899. The summed E-state index contributed by atoms with van der Waals surface area (Å²) in [5.41, 5.74) is 15.0. The van der Waals surface area contributed by atoms with Gasteiger partial charge in [0.15, 0.2) is 5.82 Å². The van der Waals surface area contributed by atoms with E-state index < -0.39 is 0 Å². The first kappa shape index (κ1) is 23.6. The van der Waals surface area contributed by atoms with Crippen molar-refractivity contribution in [2.45, 2.75) is 59.0 Å². The molecule has 1 fully saturated rings. The molecule has 1 saturated carbocycles. The van der Waals surface area contributed by atoms with Gasteiger partial charge in [-0.1, -0.05) is 43.0 Å². The number of nitrogens with one attached hydrogen (secondary N) is 1. The molecule has 2 aromatic rings. The van der Waals surface area contributed by atoms with Gasteiger partial charge in [0.25, 0.3) is 0 Å². The summed E-state index contributed by atoms with van der Waals surface area (Å²) >= 11 is 6.07. The SMILES string of the molecule is C/C(N)=C/C(N)=Nc1nc(Nc2cc(C)ccc2C)ncc1Cl.OC1CCCCC1. The van der Waals surface area contributed by atoms with E-state index in [9.17, 15) is 0 Å². The molecule has 0 atom stereocenters. The van der Waals surface area contributed by atoms with E-state index in [1.807, 2.05) is 32.0 Å². The van der Waals surface area contributed by atoms with Crippen LogP contribution in [0.1, 0.15) is 50.2 Å². The van der Waals surface area contributed by atoms with Crippen LogP contribution in [-0.4, -0.2) is 27.0 Å². The van der Waals surface area contributed by atoms with E-state index in [0.717, 1.165) is 29.7 Å². The maximum atomic E-state index is 8.91. The monoisotopic (exact) mass is 430 g/mol. The standard InChI is InChI=1S/C16H19ClN6.C6H12O/c1-9-4-5-10(2)13(6-9)21-16-20-8-12(17)15(23-16)22-14(19)7-11(3)18;7-6-4-2-1-3-5-6/h4-8H,18H2,1-3H3,(H3,19,20,21,22,23);6-7H,1-5H2/b11-7-;. The quantitative estimate of drug-likeness (QED) is 0.413. The van der Waals surface area contributed by atoms with E-state index in [0.29, 0.717) is 16.7 Å². The van der Waals surface area contributed by atoms with Crippen molar-refractivity contribution in [3.8, 4) is 0 Å². The Morgan fingerprint density at radius 3 is 2.53 bits per heavy atom. The highest BCUT2D eigenvalue weighted by Gasteiger charge is 2.08. The smallest absolute Gasteiger partial charge is 0.229 e. The first-order chi connectivity index (χ1) is 14.2. The number of aliphatic imine (C=N–C) groups is 1. The molecule has 0 unspecified atom stereocenters. The minimum Gasteiger partial charge on any atom is -0.402 e. The van der Waals surface area contributed by atoms with Gasteiger partial charge in [0.1, 0.15) is 10.9 Å². The summed E-state index contributed by atoms with van der Waals surface area (Å²) in [5, 5.41) is 12.4. The third-order valence-corrected chi connectivity index (χ3v) is 4.82. The van der Waals surface area contributed by atoms with E-state index >= 15 is 0 Å². The molecule has 30 heavy (non-hydrogen) atoms. The summed E-state index contributed by atoms with van der Waals surface area (Å²) in [6.45, 7) is 5.74. The molecule has 0 radical (unpaired) electrons. The number of halogens is 1. The molecule has 0 bridgehead atoms. The zero-order chi connectivity index (χ0) is 22.1. The Bertz CT molecular complexity index is 902. The molecule has 1 aliphatic carbocycles. The number of anilines is 2. The highest BCUT2D eigenvalue weighted by atomic mass is 35.5. The van der Waals surface area contributed by atoms with Crippen LogP contribution in [0.4, 0.5) is 17.5 Å². The van der Waals surface area contributed by atoms with Crippen LogP contribution in [0.15, 0.2) is 41.2 Å². The molecule has 7 nitrogen and oxygen atoms in total. The molecule has 162 valence electrons. The summed E-state index contributed by atoms with van der Waals surface area (Å²) in [4.78, 5) is 12.6. The third kappa shape index (κ3) is 8.00. The first-order valence-electron chi connectivity index (χ1n) is 10.1. The van der Waals surface area contributed by atoms with Crippen molar-refractivity contribution < 1.29 is 5.11 Å². The second kappa shape index (κ2) is 11.5. The number of benzene rings is 1. The van der Waals surface area contributed by atoms with Crippen molar-refractivity contribution in [2.24, 2.45) is 16.5 Å². The van der Waals surface area contributed by atoms with Crippen LogP contribution in [0, 0.1) is 13.8 Å². The van der Waals surface area contributed by atoms with Gasteiger partial charge in [-0.2, -0.15) is 4.98 Å². The van der Waals surface area contributed by atoms with Gasteiger partial charge >= 0.3 is 0 Å². The molecule has 0 aliphatic heterocycles. The van der Waals surface area contributed by atoms with Gasteiger partial charge in [0, 0.05) is 11.4 Å². The van der Waals surface area contributed by atoms with Gasteiger partial charge in [-0.25, -0.2) is 9.98 Å². The van der Waals surface area contributed by atoms with Gasteiger partial charge in [0.05, 0.1) is 12.3 Å². The third-order valence-electron chi connectivity index (χ3n) is 4.55. The highest BCUT2D eigenvalue weighted by molar-refractivity contribution is 6.32. The normalized spacial score (nSPS) is 15.4. The minimum atomic E-state index is 0.0359. The second-order valence-corrected chi connectivity index (χ2v) is 7.93. The molecule has 3 rings (SSSR count). The zero-order valence-corrected chi connectivity index (χ0v) is 18.6. The number of hydrogen-bond acceptors (Lipinski definition) is 6. The van der Waals surface area contributed by atoms with Crippen molar-refractivity contribution in [3.05, 3.63) is 52.3 Å². The van der Waals surface area contributed by atoms with E-state index in [1.165, 1.54) is 31.5 Å². The van der Waals surface area contributed by atoms with Gasteiger partial charge in [-0.05, 0) is 56.9 Å². The number of rotatable bonds is 4. The Morgan fingerprint density at radius 2 is 1.93 bits per heavy atom. The van der Waals surface area contributed by atoms with Crippen molar-refractivity contribution in [2.75, 3.05) is 5.32 Å². The highest BCUT2D eigenvalue weighted by Crippen LogP contribution is 2.25. The number of amidine groups is 1. The number of nitrogens with two attached hydrogens (primary N) is 2. The molecule has 1 aliphatic rings. The number of allylic oxidation sites excluding steroid dienone is 1. The van der Waals surface area contributed by atoms with Gasteiger partial charge in [0.2, 0.25) is 5.95 Å². The van der Waals surface area contributed by atoms with Crippen molar-refractivity contribution in [1.82, 2.24) is 9.97 Å². The van der Waals surface area contributed by atoms with Gasteiger partial charge in [-0.15, -0.1) is 0 Å². The molecule has 1 aromatic carbocycles. The predicted molar refractivity (Wildman–Crippen MR) is 125 cm³/mol. The minimum absolute atomic E-state index is 0.0359. The van der Waals surface area contributed by atoms with E-state index in [2.05, 4.69) is 20.3 Å². The van der Waals surface area contributed by atoms with Crippen molar-refractivity contribution in [1.29, 1.82) is 0 Å². The Labute approximate surface area is 183 Å². The topological polar surface area (TPSA) is 122 Å². The zero-order valence-electron chi connectivity index (χ0n) is 17.8. The van der Waals surface area contributed by atoms with Crippen molar-refractivity contribution in [3.63, 3.8) is 0 Å². The van der Waals surface area contributed by atoms with E-state index in [-0.39, 0.29) is 17.8 Å². The lowest BCUT2D eigenvalue weighted by Crippen LogP contribution is -2.10. The molecular weight excluding hydrogens is 400 g/mol. The Hall–Kier alpha value is -2.64. The summed E-state index contributed by atoms with van der Waals surface area (Å²) in [6.07, 6.45) is 8.94. The molecule has 1 aromatic heterocycles. The summed E-state index contributed by atoms with van der Waals surface area (Å²) in [7, 11) is 0. The number of aliphatic hydroxyl groups is 1. The van der Waals surface area contributed by atoms with Crippen LogP contribution in [0.25, 0.3) is 0 Å². The van der Waals surface area contributed by atoms with Crippen molar-refractivity contribution >= 4 is 34.9 Å². The predicted octanol–water partition coefficient (Wildman–Crippen LogP) is 4.65. The second-order valence-electron chi connectivity index (χ2n) is 7.53. The average Bonchev–Trinajstić information content (AvgIpc) is 2.68. The molecule has 0 spiro atoms. The Kier molecular flexibility index (Phi) is 9.08. The fourth-order valence-electron chi connectivity index (χ4n) is 2.96. The lowest BCUT2D eigenvalue weighted by Gasteiger charge is -2.14.